The van der Waals surface area contributed by atoms with Crippen molar-refractivity contribution in [3.8, 4) is 0 Å². The normalized spacial score (nSPS) is 10.2. The summed E-state index contributed by atoms with van der Waals surface area (Å²) >= 11 is 0. The monoisotopic (exact) mass is 231 g/mol. The molecule has 2 aromatic carbocycles. The van der Waals surface area contributed by atoms with E-state index in [1.807, 2.05) is 0 Å². The number of hydrogen-bond acceptors (Lipinski definition) is 1. The third-order valence-corrected chi connectivity index (χ3v) is 2.30. The van der Waals surface area contributed by atoms with Crippen molar-refractivity contribution in [1.82, 2.24) is 0 Å². The van der Waals surface area contributed by atoms with Crippen LogP contribution in [0.4, 0.5) is 8.78 Å². The van der Waals surface area contributed by atoms with Crippen molar-refractivity contribution >= 4 is 5.78 Å². The van der Waals surface area contributed by atoms with Gasteiger partial charge in [0.25, 0.3) is 0 Å². The van der Waals surface area contributed by atoms with Crippen LogP contribution in [0.2, 0.25) is 0 Å². The third kappa shape index (κ3) is 2.97. The Bertz CT molecular complexity index is 515. The molecule has 0 heterocycles. The number of hydrogen-bond donors (Lipinski definition) is 0. The van der Waals surface area contributed by atoms with E-state index >= 15 is 0 Å². The van der Waals surface area contributed by atoms with Gasteiger partial charge in [-0.05, 0) is 42.0 Å². The Balaban J connectivity index is 2.11. The van der Waals surface area contributed by atoms with E-state index in [2.05, 4.69) is 0 Å². The van der Waals surface area contributed by atoms with E-state index in [4.69, 9.17) is 0 Å². The quantitative estimate of drug-likeness (QED) is 0.740. The Morgan fingerprint density at radius 1 is 0.824 bits per heavy atom. The highest BCUT2D eigenvalue weighted by Gasteiger charge is 2.07. The molecule has 0 aromatic heterocycles. The van der Waals surface area contributed by atoms with Gasteiger partial charge in [-0.25, -0.2) is 8.78 Å². The molecular weight excluding hydrogens is 222 g/mol. The predicted molar refractivity (Wildman–Crippen MR) is 60.5 cm³/mol. The molecule has 1 radical (unpaired) electrons. The fourth-order valence-corrected chi connectivity index (χ4v) is 1.41. The van der Waals surface area contributed by atoms with E-state index in [0.717, 1.165) is 0 Å². The van der Waals surface area contributed by atoms with Gasteiger partial charge in [0.05, 0.1) is 6.42 Å². The van der Waals surface area contributed by atoms with Crippen molar-refractivity contribution in [2.45, 2.75) is 0 Å². The Morgan fingerprint density at radius 2 is 1.29 bits per heavy atom. The van der Waals surface area contributed by atoms with Crippen LogP contribution in [0.25, 0.3) is 0 Å². The zero-order valence-corrected chi connectivity index (χ0v) is 8.86. The van der Waals surface area contributed by atoms with Crippen molar-refractivity contribution in [1.29, 1.82) is 0 Å². The van der Waals surface area contributed by atoms with Gasteiger partial charge in [0.15, 0.2) is 5.78 Å². The van der Waals surface area contributed by atoms with Crippen LogP contribution in [0.15, 0.2) is 48.5 Å². The first-order chi connectivity index (χ1) is 8.15. The molecule has 0 unspecified atom stereocenters. The molecular formula is C14H9F2O. The lowest BCUT2D eigenvalue weighted by atomic mass is 10.0. The highest BCUT2D eigenvalue weighted by molar-refractivity contribution is 6.04. The third-order valence-electron chi connectivity index (χ3n) is 2.30. The summed E-state index contributed by atoms with van der Waals surface area (Å²) in [5.41, 5.74) is 1.01. The molecule has 0 aliphatic carbocycles. The fraction of sp³-hybridized carbons (Fsp3) is 0. The second kappa shape index (κ2) is 4.87. The number of carbonyl (C=O) groups excluding carboxylic acids is 1. The highest BCUT2D eigenvalue weighted by Crippen LogP contribution is 2.11. The molecule has 0 aliphatic heterocycles. The van der Waals surface area contributed by atoms with Crippen LogP contribution in [-0.2, 0) is 0 Å². The molecule has 3 heteroatoms. The number of Topliss-reactive ketones (excluding diaryl/α,β-unsaturated/α-hetero) is 1. The first kappa shape index (κ1) is 11.5. The minimum absolute atomic E-state index is 0.239. The van der Waals surface area contributed by atoms with Gasteiger partial charge in [-0.3, -0.25) is 4.79 Å². The Kier molecular flexibility index (Phi) is 3.28. The van der Waals surface area contributed by atoms with Crippen LogP contribution < -0.4 is 0 Å². The topological polar surface area (TPSA) is 17.1 Å². The Morgan fingerprint density at radius 3 is 1.82 bits per heavy atom. The average Bonchev–Trinajstić information content (AvgIpc) is 2.33. The summed E-state index contributed by atoms with van der Waals surface area (Å²) in [6, 6.07) is 10.9. The summed E-state index contributed by atoms with van der Waals surface area (Å²) in [6.07, 6.45) is 1.38. The van der Waals surface area contributed by atoms with Gasteiger partial charge >= 0.3 is 0 Å². The van der Waals surface area contributed by atoms with Crippen molar-refractivity contribution in [2.75, 3.05) is 0 Å². The van der Waals surface area contributed by atoms with Crippen molar-refractivity contribution in [2.24, 2.45) is 0 Å². The van der Waals surface area contributed by atoms with Crippen molar-refractivity contribution in [3.63, 3.8) is 0 Å². The number of carbonyl (C=O) groups is 1. The van der Waals surface area contributed by atoms with Crippen LogP contribution in [-0.4, -0.2) is 5.78 Å². The summed E-state index contributed by atoms with van der Waals surface area (Å²) in [5.74, 6) is -0.976. The number of ketones is 1. The summed E-state index contributed by atoms with van der Waals surface area (Å²) in [7, 11) is 0. The summed E-state index contributed by atoms with van der Waals surface area (Å²) in [6.45, 7) is 0. The molecule has 0 saturated heterocycles. The molecule has 2 rings (SSSR count). The van der Waals surface area contributed by atoms with Gasteiger partial charge in [0.2, 0.25) is 0 Å². The maximum absolute atomic E-state index is 12.7. The van der Waals surface area contributed by atoms with Crippen LogP contribution in [0, 0.1) is 18.1 Å². The molecule has 2 aromatic rings. The zero-order valence-electron chi connectivity index (χ0n) is 8.86. The molecule has 17 heavy (non-hydrogen) atoms. The van der Waals surface area contributed by atoms with Crippen molar-refractivity contribution in [3.05, 3.63) is 77.7 Å². The number of benzene rings is 2. The predicted octanol–water partition coefficient (Wildman–Crippen LogP) is 3.40. The van der Waals surface area contributed by atoms with Gasteiger partial charge in [-0.15, -0.1) is 0 Å². The fourth-order valence-electron chi connectivity index (χ4n) is 1.41. The van der Waals surface area contributed by atoms with E-state index in [-0.39, 0.29) is 17.4 Å². The summed E-state index contributed by atoms with van der Waals surface area (Å²) in [5, 5.41) is 0. The summed E-state index contributed by atoms with van der Waals surface area (Å²) < 4.78 is 25.3. The molecule has 1 nitrogen and oxygen atoms in total. The van der Waals surface area contributed by atoms with Gasteiger partial charge in [-0.1, -0.05) is 12.1 Å². The first-order valence-corrected chi connectivity index (χ1v) is 5.05. The molecule has 0 N–H and O–H groups in total. The van der Waals surface area contributed by atoms with Gasteiger partial charge in [0.1, 0.15) is 11.6 Å². The second-order valence-electron chi connectivity index (χ2n) is 3.57. The summed E-state index contributed by atoms with van der Waals surface area (Å²) in [4.78, 5) is 11.7. The zero-order chi connectivity index (χ0) is 12.3. The standard InChI is InChI=1S/C14H9F2O/c15-12-5-1-10(2-6-12)9-14(17)11-3-7-13(16)8-4-11/h1-9H. The van der Waals surface area contributed by atoms with E-state index in [1.165, 1.54) is 55.0 Å². The van der Waals surface area contributed by atoms with Gasteiger partial charge in [-0.2, -0.15) is 0 Å². The second-order valence-corrected chi connectivity index (χ2v) is 3.57. The highest BCUT2D eigenvalue weighted by atomic mass is 19.1. The van der Waals surface area contributed by atoms with Crippen LogP contribution in [0.1, 0.15) is 15.9 Å². The van der Waals surface area contributed by atoms with E-state index in [1.54, 1.807) is 0 Å². The smallest absolute Gasteiger partial charge is 0.171 e. The molecule has 0 bridgehead atoms. The SMILES string of the molecule is O=C([CH]c1ccc(F)cc1)c1ccc(F)cc1. The Labute approximate surface area is 97.7 Å². The molecule has 85 valence electrons. The maximum Gasteiger partial charge on any atom is 0.171 e. The number of rotatable bonds is 3. The van der Waals surface area contributed by atoms with Crippen LogP contribution in [0.3, 0.4) is 0 Å². The first-order valence-electron chi connectivity index (χ1n) is 5.05. The Hall–Kier alpha value is -2.03. The van der Waals surface area contributed by atoms with Gasteiger partial charge < -0.3 is 0 Å². The molecule has 0 aliphatic rings. The van der Waals surface area contributed by atoms with Crippen molar-refractivity contribution < 1.29 is 13.6 Å². The van der Waals surface area contributed by atoms with E-state index < -0.39 is 0 Å². The van der Waals surface area contributed by atoms with Crippen LogP contribution >= 0.6 is 0 Å². The van der Waals surface area contributed by atoms with E-state index in [9.17, 15) is 13.6 Å². The minimum atomic E-state index is -0.386. The van der Waals surface area contributed by atoms with E-state index in [0.29, 0.717) is 11.1 Å². The van der Waals surface area contributed by atoms with Crippen LogP contribution in [0.5, 0.6) is 0 Å². The lowest BCUT2D eigenvalue weighted by Gasteiger charge is -2.01. The molecule has 0 fully saturated rings. The molecule has 0 atom stereocenters. The lowest BCUT2D eigenvalue weighted by molar-refractivity contribution is 0.103. The maximum atomic E-state index is 12.7. The minimum Gasteiger partial charge on any atom is -0.293 e. The number of halogens is 2. The largest absolute Gasteiger partial charge is 0.293 e. The average molecular weight is 231 g/mol. The van der Waals surface area contributed by atoms with Gasteiger partial charge in [0, 0.05) is 5.56 Å². The molecule has 0 amide bonds. The molecule has 0 saturated carbocycles. The lowest BCUT2D eigenvalue weighted by Crippen LogP contribution is -2.00. The molecule has 0 spiro atoms.